The Morgan fingerprint density at radius 1 is 1.17 bits per heavy atom. The van der Waals surface area contributed by atoms with Crippen molar-refractivity contribution in [2.75, 3.05) is 25.1 Å². The molecule has 1 rings (SSSR count). The molecular formula is C13H18N2O7S2. The summed E-state index contributed by atoms with van der Waals surface area (Å²) < 4.78 is 47.7. The molecule has 0 aliphatic carbocycles. The van der Waals surface area contributed by atoms with Crippen LogP contribution >= 0.6 is 0 Å². The highest BCUT2D eigenvalue weighted by molar-refractivity contribution is 7.92. The molecule has 11 heteroatoms. The molecule has 0 bridgehead atoms. The van der Waals surface area contributed by atoms with Crippen LogP contribution in [0.15, 0.2) is 28.0 Å². The fourth-order valence-electron chi connectivity index (χ4n) is 2.04. The van der Waals surface area contributed by atoms with Crippen LogP contribution in [0.1, 0.15) is 13.8 Å². The summed E-state index contributed by atoms with van der Waals surface area (Å²) in [5.74, 6) is -1.60. The van der Waals surface area contributed by atoms with Gasteiger partial charge in [-0.3, -0.25) is 14.9 Å². The third kappa shape index (κ3) is 4.51. The van der Waals surface area contributed by atoms with Gasteiger partial charge in [-0.25, -0.2) is 16.8 Å². The summed E-state index contributed by atoms with van der Waals surface area (Å²) in [4.78, 5) is 22.4. The Labute approximate surface area is 140 Å². The van der Waals surface area contributed by atoms with Crippen molar-refractivity contribution in [2.45, 2.75) is 23.6 Å². The Morgan fingerprint density at radius 3 is 2.12 bits per heavy atom. The molecule has 0 atom stereocenters. The van der Waals surface area contributed by atoms with Crippen LogP contribution in [0.2, 0.25) is 0 Å². The first-order chi connectivity index (χ1) is 10.9. The summed E-state index contributed by atoms with van der Waals surface area (Å²) in [6.45, 7) is 3.97. The lowest BCUT2D eigenvalue weighted by Crippen LogP contribution is -2.35. The summed E-state index contributed by atoms with van der Waals surface area (Å²) in [6.07, 6.45) is 0.851. The van der Waals surface area contributed by atoms with Crippen molar-refractivity contribution >= 4 is 31.3 Å². The second-order valence-electron chi connectivity index (χ2n) is 4.98. The normalized spacial score (nSPS) is 12.0. The molecule has 1 amide bonds. The van der Waals surface area contributed by atoms with E-state index in [1.165, 1.54) is 4.90 Å². The molecule has 24 heavy (non-hydrogen) atoms. The second-order valence-corrected chi connectivity index (χ2v) is 8.96. The summed E-state index contributed by atoms with van der Waals surface area (Å²) in [6, 6.07) is 2.50. The maximum Gasteiger partial charge on any atom is 0.289 e. The lowest BCUT2D eigenvalue weighted by Gasteiger charge is -2.18. The van der Waals surface area contributed by atoms with E-state index in [1.807, 2.05) is 0 Å². The zero-order valence-corrected chi connectivity index (χ0v) is 15.1. The predicted molar refractivity (Wildman–Crippen MR) is 86.2 cm³/mol. The average Bonchev–Trinajstić information content (AvgIpc) is 2.46. The fraction of sp³-hybridized carbons (Fsp3) is 0.462. The first-order valence-corrected chi connectivity index (χ1v) is 10.5. The molecule has 0 fully saturated rings. The summed E-state index contributed by atoms with van der Waals surface area (Å²) in [5, 5.41) is 11.1. The minimum atomic E-state index is -4.29. The van der Waals surface area contributed by atoms with Crippen molar-refractivity contribution in [3.63, 3.8) is 0 Å². The topological polar surface area (TPSA) is 132 Å². The summed E-state index contributed by atoms with van der Waals surface area (Å²) in [7, 11) is -8.03. The maximum atomic E-state index is 12.4. The van der Waals surface area contributed by atoms with E-state index in [1.54, 1.807) is 13.8 Å². The van der Waals surface area contributed by atoms with Gasteiger partial charge in [0.05, 0.1) is 9.82 Å². The summed E-state index contributed by atoms with van der Waals surface area (Å²) >= 11 is 0. The van der Waals surface area contributed by atoms with Gasteiger partial charge in [-0.2, -0.15) is 0 Å². The van der Waals surface area contributed by atoms with Gasteiger partial charge in [-0.1, -0.05) is 0 Å². The lowest BCUT2D eigenvalue weighted by molar-refractivity contribution is -0.388. The SMILES string of the molecule is CCN(CC)C(=O)CS(=O)(=O)c1ccc(S(C)(=O)=O)cc1[N+](=O)[O-]. The molecule has 0 N–H and O–H groups in total. The van der Waals surface area contributed by atoms with Gasteiger partial charge >= 0.3 is 0 Å². The first-order valence-electron chi connectivity index (χ1n) is 6.93. The second kappa shape index (κ2) is 7.26. The number of benzene rings is 1. The van der Waals surface area contributed by atoms with Crippen LogP contribution in [0.4, 0.5) is 5.69 Å². The van der Waals surface area contributed by atoms with Gasteiger partial charge in [0.1, 0.15) is 10.6 Å². The van der Waals surface area contributed by atoms with E-state index < -0.39 is 46.8 Å². The van der Waals surface area contributed by atoms with Crippen molar-refractivity contribution in [1.29, 1.82) is 0 Å². The Bertz CT molecular complexity index is 856. The number of nitro benzene ring substituents is 1. The molecule has 1 aromatic carbocycles. The van der Waals surface area contributed by atoms with Crippen molar-refractivity contribution in [3.05, 3.63) is 28.3 Å². The van der Waals surface area contributed by atoms with Crippen molar-refractivity contribution < 1.29 is 26.6 Å². The Kier molecular flexibility index (Phi) is 6.06. The number of amides is 1. The smallest absolute Gasteiger partial charge is 0.289 e. The molecule has 134 valence electrons. The molecule has 0 unspecified atom stereocenters. The van der Waals surface area contributed by atoms with Gasteiger partial charge in [0.25, 0.3) is 5.69 Å². The monoisotopic (exact) mass is 378 g/mol. The van der Waals surface area contributed by atoms with Gasteiger partial charge in [0, 0.05) is 25.4 Å². The van der Waals surface area contributed by atoms with Crippen molar-refractivity contribution in [2.24, 2.45) is 0 Å². The number of rotatable bonds is 7. The van der Waals surface area contributed by atoms with E-state index in [-0.39, 0.29) is 4.90 Å². The van der Waals surface area contributed by atoms with Crippen LogP contribution in [0.5, 0.6) is 0 Å². The van der Waals surface area contributed by atoms with Crippen LogP contribution in [0.3, 0.4) is 0 Å². The van der Waals surface area contributed by atoms with E-state index in [2.05, 4.69) is 0 Å². The molecule has 0 heterocycles. The molecule has 0 aliphatic heterocycles. The Hall–Kier alpha value is -2.01. The van der Waals surface area contributed by atoms with Crippen LogP contribution in [0, 0.1) is 10.1 Å². The van der Waals surface area contributed by atoms with Crippen LogP contribution in [0.25, 0.3) is 0 Å². The minimum absolute atomic E-state index is 0.306. The number of hydrogen-bond acceptors (Lipinski definition) is 7. The number of carbonyl (C=O) groups excluding carboxylic acids is 1. The number of sulfone groups is 2. The van der Waals surface area contributed by atoms with Crippen LogP contribution < -0.4 is 0 Å². The molecule has 1 aromatic rings. The average molecular weight is 378 g/mol. The highest BCUT2D eigenvalue weighted by atomic mass is 32.2. The fourth-order valence-corrected chi connectivity index (χ4v) is 4.07. The van der Waals surface area contributed by atoms with E-state index in [4.69, 9.17) is 0 Å². The zero-order valence-electron chi connectivity index (χ0n) is 13.4. The third-order valence-corrected chi connectivity index (χ3v) is 6.07. The zero-order chi connectivity index (χ0) is 18.7. The third-order valence-electron chi connectivity index (χ3n) is 3.32. The Morgan fingerprint density at radius 2 is 1.71 bits per heavy atom. The highest BCUT2D eigenvalue weighted by Gasteiger charge is 2.30. The maximum absolute atomic E-state index is 12.4. The molecule has 0 aromatic heterocycles. The molecule has 9 nitrogen and oxygen atoms in total. The number of nitro groups is 1. The molecule has 0 spiro atoms. The van der Waals surface area contributed by atoms with E-state index in [0.29, 0.717) is 19.2 Å². The van der Waals surface area contributed by atoms with Gasteiger partial charge < -0.3 is 4.90 Å². The van der Waals surface area contributed by atoms with Crippen LogP contribution in [-0.4, -0.2) is 57.7 Å². The van der Waals surface area contributed by atoms with Gasteiger partial charge in [-0.05, 0) is 26.0 Å². The van der Waals surface area contributed by atoms with E-state index in [0.717, 1.165) is 18.4 Å². The van der Waals surface area contributed by atoms with Gasteiger partial charge in [-0.15, -0.1) is 0 Å². The molecule has 0 radical (unpaired) electrons. The molecular weight excluding hydrogens is 360 g/mol. The van der Waals surface area contributed by atoms with Crippen molar-refractivity contribution in [3.8, 4) is 0 Å². The van der Waals surface area contributed by atoms with Crippen LogP contribution in [-0.2, 0) is 24.5 Å². The van der Waals surface area contributed by atoms with Gasteiger partial charge in [0.15, 0.2) is 19.7 Å². The minimum Gasteiger partial charge on any atom is -0.342 e. The molecule has 0 saturated carbocycles. The number of carbonyl (C=O) groups is 1. The molecule has 0 aliphatic rings. The number of hydrogen-bond donors (Lipinski definition) is 0. The summed E-state index contributed by atoms with van der Waals surface area (Å²) in [5.41, 5.74) is -0.870. The molecule has 0 saturated heterocycles. The predicted octanol–water partition coefficient (Wildman–Crippen LogP) is 0.640. The Balaban J connectivity index is 3.39. The lowest BCUT2D eigenvalue weighted by atomic mass is 10.3. The quantitative estimate of drug-likeness (QED) is 0.502. The first kappa shape index (κ1) is 20.0. The van der Waals surface area contributed by atoms with Gasteiger partial charge in [0.2, 0.25) is 5.91 Å². The van der Waals surface area contributed by atoms with Crippen molar-refractivity contribution in [1.82, 2.24) is 4.90 Å². The standard InChI is InChI=1S/C13H18N2O7S2/c1-4-14(5-2)13(16)9-24(21,22)12-7-6-10(23(3,19)20)8-11(12)15(17)18/h6-8H,4-5,9H2,1-3H3. The van der Waals surface area contributed by atoms with E-state index >= 15 is 0 Å². The largest absolute Gasteiger partial charge is 0.342 e. The van der Waals surface area contributed by atoms with E-state index in [9.17, 15) is 31.7 Å². The number of nitrogens with zero attached hydrogens (tertiary/aromatic N) is 2. The highest BCUT2D eigenvalue weighted by Crippen LogP contribution is 2.28.